The maximum atomic E-state index is 6.01. The molecule has 0 spiro atoms. The Kier molecular flexibility index (Phi) is 4.18. The molecule has 1 aliphatic heterocycles. The third kappa shape index (κ3) is 2.87. The summed E-state index contributed by atoms with van der Waals surface area (Å²) in [5.41, 5.74) is 2.35. The van der Waals surface area contributed by atoms with Crippen LogP contribution in [0.5, 0.6) is 0 Å². The highest BCUT2D eigenvalue weighted by Gasteiger charge is 2.23. The molecule has 1 atom stereocenters. The monoisotopic (exact) mass is 272 g/mol. The molecule has 1 saturated heterocycles. The Morgan fingerprint density at radius 2 is 2.12 bits per heavy atom. The molecule has 1 aromatic rings. The van der Waals surface area contributed by atoms with Gasteiger partial charge in [-0.3, -0.25) is 0 Å². The molecule has 1 heterocycles. The molecule has 4 heteroatoms. The van der Waals surface area contributed by atoms with Crippen LogP contribution < -0.4 is 4.90 Å². The zero-order chi connectivity index (χ0) is 12.4. The molecule has 0 aromatic heterocycles. The summed E-state index contributed by atoms with van der Waals surface area (Å²) in [6.07, 6.45) is 0. The second-order valence-electron chi connectivity index (χ2n) is 4.71. The fourth-order valence-electron chi connectivity index (χ4n) is 2.44. The molecule has 0 amide bonds. The minimum atomic E-state index is 0.509. The number of piperazine rings is 1. The van der Waals surface area contributed by atoms with Crippen LogP contribution in [0.3, 0.4) is 0 Å². The predicted molar refractivity (Wildman–Crippen MR) is 75.3 cm³/mol. The van der Waals surface area contributed by atoms with E-state index in [2.05, 4.69) is 29.8 Å². The molecule has 2 rings (SSSR count). The molecule has 94 valence electrons. The van der Waals surface area contributed by atoms with Crippen LogP contribution in [0.25, 0.3) is 0 Å². The largest absolute Gasteiger partial charge is 0.366 e. The molecule has 0 N–H and O–H groups in total. The number of nitrogens with zero attached hydrogens (tertiary/aromatic N) is 2. The molecule has 1 unspecified atom stereocenters. The minimum absolute atomic E-state index is 0.509. The average Bonchev–Trinajstić information content (AvgIpc) is 2.30. The molecular formula is C13H18Cl2N2. The molecule has 0 radical (unpaired) electrons. The van der Waals surface area contributed by atoms with Gasteiger partial charge in [-0.1, -0.05) is 11.6 Å². The van der Waals surface area contributed by atoms with Crippen LogP contribution >= 0.6 is 23.2 Å². The van der Waals surface area contributed by atoms with Crippen molar-refractivity contribution in [3.63, 3.8) is 0 Å². The van der Waals surface area contributed by atoms with Crippen LogP contribution in [0.15, 0.2) is 18.2 Å². The van der Waals surface area contributed by atoms with Crippen molar-refractivity contribution in [2.45, 2.75) is 18.8 Å². The molecule has 0 aliphatic carbocycles. The quantitative estimate of drug-likeness (QED) is 0.763. The van der Waals surface area contributed by atoms with Gasteiger partial charge < -0.3 is 9.80 Å². The minimum Gasteiger partial charge on any atom is -0.366 e. The topological polar surface area (TPSA) is 6.48 Å². The van der Waals surface area contributed by atoms with Crippen molar-refractivity contribution in [1.29, 1.82) is 0 Å². The first-order valence-corrected chi connectivity index (χ1v) is 6.82. The van der Waals surface area contributed by atoms with E-state index in [1.165, 1.54) is 5.69 Å². The Bertz CT molecular complexity index is 395. The Hall–Kier alpha value is -0.440. The van der Waals surface area contributed by atoms with E-state index in [0.29, 0.717) is 11.9 Å². The summed E-state index contributed by atoms with van der Waals surface area (Å²) in [5, 5.41) is 0.756. The number of hydrogen-bond donors (Lipinski definition) is 0. The van der Waals surface area contributed by atoms with Crippen LogP contribution in [0.1, 0.15) is 12.5 Å². The number of halogens is 2. The Morgan fingerprint density at radius 1 is 1.35 bits per heavy atom. The van der Waals surface area contributed by atoms with Crippen molar-refractivity contribution in [1.82, 2.24) is 4.90 Å². The number of rotatable bonds is 2. The molecule has 17 heavy (non-hydrogen) atoms. The molecule has 1 aliphatic rings. The highest BCUT2D eigenvalue weighted by molar-refractivity contribution is 6.30. The van der Waals surface area contributed by atoms with Gasteiger partial charge in [0.25, 0.3) is 0 Å². The highest BCUT2D eigenvalue weighted by Crippen LogP contribution is 2.28. The van der Waals surface area contributed by atoms with Gasteiger partial charge in [0.1, 0.15) is 0 Å². The van der Waals surface area contributed by atoms with E-state index < -0.39 is 0 Å². The Labute approximate surface area is 113 Å². The summed E-state index contributed by atoms with van der Waals surface area (Å²) in [5.74, 6) is 0.509. The van der Waals surface area contributed by atoms with E-state index in [9.17, 15) is 0 Å². The smallest absolute Gasteiger partial charge is 0.0495 e. The van der Waals surface area contributed by atoms with E-state index in [1.54, 1.807) is 0 Å². The SMILES string of the molecule is CC1CN(C)CCN1c1ccc(Cl)cc1CCl. The van der Waals surface area contributed by atoms with Gasteiger partial charge in [-0.05, 0) is 37.7 Å². The van der Waals surface area contributed by atoms with E-state index in [0.717, 1.165) is 30.2 Å². The molecule has 2 nitrogen and oxygen atoms in total. The van der Waals surface area contributed by atoms with Gasteiger partial charge in [-0.15, -0.1) is 11.6 Å². The Balaban J connectivity index is 2.27. The highest BCUT2D eigenvalue weighted by atomic mass is 35.5. The molecule has 1 aromatic carbocycles. The molecule has 1 fully saturated rings. The van der Waals surface area contributed by atoms with Crippen LogP contribution in [-0.2, 0) is 5.88 Å². The fourth-order valence-corrected chi connectivity index (χ4v) is 2.85. The van der Waals surface area contributed by atoms with Gasteiger partial charge in [-0.2, -0.15) is 0 Å². The summed E-state index contributed by atoms with van der Waals surface area (Å²) in [6.45, 7) is 5.48. The van der Waals surface area contributed by atoms with Gasteiger partial charge in [0.05, 0.1) is 0 Å². The lowest BCUT2D eigenvalue weighted by Gasteiger charge is -2.40. The second-order valence-corrected chi connectivity index (χ2v) is 5.42. The third-order valence-electron chi connectivity index (χ3n) is 3.33. The lowest BCUT2D eigenvalue weighted by atomic mass is 10.1. The Morgan fingerprint density at radius 3 is 2.76 bits per heavy atom. The third-order valence-corrected chi connectivity index (χ3v) is 3.85. The van der Waals surface area contributed by atoms with Crippen LogP contribution in [0.4, 0.5) is 5.69 Å². The number of alkyl halides is 1. The van der Waals surface area contributed by atoms with E-state index in [4.69, 9.17) is 23.2 Å². The summed E-state index contributed by atoms with van der Waals surface area (Å²) < 4.78 is 0. The summed E-state index contributed by atoms with van der Waals surface area (Å²) >= 11 is 12.0. The van der Waals surface area contributed by atoms with Gasteiger partial charge in [-0.25, -0.2) is 0 Å². The lowest BCUT2D eigenvalue weighted by Crippen LogP contribution is -2.50. The van der Waals surface area contributed by atoms with Gasteiger partial charge >= 0.3 is 0 Å². The van der Waals surface area contributed by atoms with Crippen LogP contribution in [-0.4, -0.2) is 37.6 Å². The van der Waals surface area contributed by atoms with Crippen molar-refractivity contribution in [3.8, 4) is 0 Å². The predicted octanol–water partition coefficient (Wildman–Crippen LogP) is 3.22. The lowest BCUT2D eigenvalue weighted by molar-refractivity contribution is 0.275. The average molecular weight is 273 g/mol. The van der Waals surface area contributed by atoms with E-state index >= 15 is 0 Å². The summed E-state index contributed by atoms with van der Waals surface area (Å²) in [7, 11) is 2.16. The first-order chi connectivity index (χ1) is 8.11. The number of likely N-dealkylation sites (N-methyl/N-ethyl adjacent to an activating group) is 1. The van der Waals surface area contributed by atoms with Crippen molar-refractivity contribution in [2.75, 3.05) is 31.6 Å². The molecule has 0 bridgehead atoms. The van der Waals surface area contributed by atoms with Crippen molar-refractivity contribution in [2.24, 2.45) is 0 Å². The maximum Gasteiger partial charge on any atom is 0.0495 e. The van der Waals surface area contributed by atoms with Gasteiger partial charge in [0, 0.05) is 42.3 Å². The van der Waals surface area contributed by atoms with Gasteiger partial charge in [0.15, 0.2) is 0 Å². The van der Waals surface area contributed by atoms with Gasteiger partial charge in [0.2, 0.25) is 0 Å². The van der Waals surface area contributed by atoms with Crippen LogP contribution in [0.2, 0.25) is 5.02 Å². The van der Waals surface area contributed by atoms with Crippen molar-refractivity contribution < 1.29 is 0 Å². The van der Waals surface area contributed by atoms with Crippen molar-refractivity contribution in [3.05, 3.63) is 28.8 Å². The maximum absolute atomic E-state index is 6.01. The normalized spacial score (nSPS) is 21.9. The standard InChI is InChI=1S/C13H18Cl2N2/c1-10-9-16(2)5-6-17(10)13-4-3-12(15)7-11(13)8-14/h3-4,7,10H,5-6,8-9H2,1-2H3. The first-order valence-electron chi connectivity index (χ1n) is 5.91. The zero-order valence-corrected chi connectivity index (χ0v) is 11.8. The number of benzene rings is 1. The first kappa shape index (κ1) is 13.0. The summed E-state index contributed by atoms with van der Waals surface area (Å²) in [6, 6.07) is 6.51. The van der Waals surface area contributed by atoms with E-state index in [1.807, 2.05) is 12.1 Å². The van der Waals surface area contributed by atoms with E-state index in [-0.39, 0.29) is 0 Å². The fraction of sp³-hybridized carbons (Fsp3) is 0.538. The number of hydrogen-bond acceptors (Lipinski definition) is 2. The zero-order valence-electron chi connectivity index (χ0n) is 10.3. The second kappa shape index (κ2) is 5.47. The molecule has 0 saturated carbocycles. The summed E-state index contributed by atoms with van der Waals surface area (Å²) in [4.78, 5) is 4.78. The van der Waals surface area contributed by atoms with Crippen LogP contribution in [0, 0.1) is 0 Å². The molecular weight excluding hydrogens is 255 g/mol. The number of anilines is 1. The van der Waals surface area contributed by atoms with Crippen molar-refractivity contribution >= 4 is 28.9 Å².